The van der Waals surface area contributed by atoms with E-state index >= 15 is 0 Å². The number of hydrogen-bond acceptors (Lipinski definition) is 7. The van der Waals surface area contributed by atoms with Crippen LogP contribution in [0.25, 0.3) is 0 Å². The van der Waals surface area contributed by atoms with Gasteiger partial charge < -0.3 is 25.2 Å². The van der Waals surface area contributed by atoms with Gasteiger partial charge in [0.05, 0.1) is 0 Å². The largest absolute Gasteiger partial charge is 0.444 e. The second-order valence-electron chi connectivity index (χ2n) is 12.6. The lowest BCUT2D eigenvalue weighted by Crippen LogP contribution is -2.51. The summed E-state index contributed by atoms with van der Waals surface area (Å²) in [6.07, 6.45) is 9.76. The molecule has 0 unspecified atom stereocenters. The third-order valence-corrected chi connectivity index (χ3v) is 8.63. The molecule has 1 amide bonds. The Morgan fingerprint density at radius 3 is 1.42 bits per heavy atom. The molecule has 0 aromatic rings. The molecule has 2 N–H and O–H groups in total. The summed E-state index contributed by atoms with van der Waals surface area (Å²) in [5, 5.41) is 6.43. The third-order valence-electron chi connectivity index (χ3n) is 8.63. The normalized spacial score (nSPS) is 31.8. The molecule has 210 valence electrons. The van der Waals surface area contributed by atoms with Crippen molar-refractivity contribution in [2.75, 3.05) is 73.5 Å². The molecular weight excluding hydrogens is 452 g/mol. The first kappa shape index (κ1) is 29.6. The molecule has 0 aromatic heterocycles. The van der Waals surface area contributed by atoms with Gasteiger partial charge in [-0.1, -0.05) is 0 Å². The first-order valence-electron chi connectivity index (χ1n) is 14.6. The molecule has 0 bridgehead atoms. The summed E-state index contributed by atoms with van der Waals surface area (Å²) in [5.74, 6) is 0. The minimum absolute atomic E-state index is 0.273. The molecule has 0 aromatic carbocycles. The van der Waals surface area contributed by atoms with Gasteiger partial charge in [-0.2, -0.15) is 0 Å². The van der Waals surface area contributed by atoms with E-state index in [4.69, 9.17) is 4.74 Å². The van der Waals surface area contributed by atoms with Crippen LogP contribution < -0.4 is 10.6 Å². The minimum Gasteiger partial charge on any atom is -0.444 e. The Morgan fingerprint density at radius 2 is 1.06 bits per heavy atom. The fraction of sp³-hybridized carbons (Fsp3) is 0.964. The molecule has 0 radical (unpaired) electrons. The highest BCUT2D eigenvalue weighted by Gasteiger charge is 2.29. The van der Waals surface area contributed by atoms with Crippen LogP contribution in [0.2, 0.25) is 0 Å². The number of nitrogens with one attached hydrogen (secondary N) is 2. The summed E-state index contributed by atoms with van der Waals surface area (Å²) < 4.78 is 5.33. The highest BCUT2D eigenvalue weighted by atomic mass is 16.6. The maximum Gasteiger partial charge on any atom is 0.407 e. The van der Waals surface area contributed by atoms with Gasteiger partial charge in [0.15, 0.2) is 0 Å². The number of carbonyl (C=O) groups excluding carboxylic acids is 1. The summed E-state index contributed by atoms with van der Waals surface area (Å²) in [7, 11) is 6.52. The molecule has 0 atom stereocenters. The predicted molar refractivity (Wildman–Crippen MR) is 149 cm³/mol. The van der Waals surface area contributed by atoms with Crippen LogP contribution in [0.1, 0.15) is 72.1 Å². The summed E-state index contributed by atoms with van der Waals surface area (Å²) in [6, 6.07) is 2.65. The Hall–Kier alpha value is -0.930. The summed E-state index contributed by atoms with van der Waals surface area (Å²) in [4.78, 5) is 22.0. The molecule has 2 aliphatic heterocycles. The zero-order valence-corrected chi connectivity index (χ0v) is 24.2. The monoisotopic (exact) mass is 508 g/mol. The molecule has 2 heterocycles. The Labute approximate surface area is 221 Å². The number of hydrogen-bond donors (Lipinski definition) is 2. The van der Waals surface area contributed by atoms with Crippen LogP contribution in [-0.2, 0) is 4.74 Å². The molecule has 4 aliphatic rings. The van der Waals surface area contributed by atoms with Crippen molar-refractivity contribution >= 4 is 6.09 Å². The van der Waals surface area contributed by atoms with Gasteiger partial charge in [-0.3, -0.25) is 9.80 Å². The fourth-order valence-electron chi connectivity index (χ4n) is 6.16. The lowest BCUT2D eigenvalue weighted by molar-refractivity contribution is 0.0459. The van der Waals surface area contributed by atoms with Crippen molar-refractivity contribution in [3.8, 4) is 0 Å². The molecule has 36 heavy (non-hydrogen) atoms. The van der Waals surface area contributed by atoms with E-state index in [-0.39, 0.29) is 12.1 Å². The van der Waals surface area contributed by atoms with E-state index in [2.05, 4.69) is 51.4 Å². The van der Waals surface area contributed by atoms with Crippen LogP contribution in [0.15, 0.2) is 0 Å². The average Bonchev–Trinajstić information content (AvgIpc) is 2.85. The summed E-state index contributed by atoms with van der Waals surface area (Å²) >= 11 is 0. The van der Waals surface area contributed by atoms with Gasteiger partial charge in [-0.25, -0.2) is 4.79 Å². The number of nitrogens with zero attached hydrogens (tertiary/aromatic N) is 4. The fourth-order valence-corrected chi connectivity index (χ4v) is 6.16. The van der Waals surface area contributed by atoms with Crippen molar-refractivity contribution in [2.45, 2.75) is 102 Å². The second kappa shape index (κ2) is 14.3. The maximum absolute atomic E-state index is 11.8. The van der Waals surface area contributed by atoms with E-state index in [0.717, 1.165) is 24.9 Å². The van der Waals surface area contributed by atoms with Gasteiger partial charge in [0, 0.05) is 76.5 Å². The first-order chi connectivity index (χ1) is 17.1. The van der Waals surface area contributed by atoms with E-state index in [1.807, 2.05) is 20.8 Å². The summed E-state index contributed by atoms with van der Waals surface area (Å²) in [5.41, 5.74) is -0.416. The first-order valence-corrected chi connectivity index (χ1v) is 14.6. The van der Waals surface area contributed by atoms with E-state index in [9.17, 15) is 4.79 Å². The molecule has 0 spiro atoms. The number of rotatable bonds is 4. The predicted octanol–water partition coefficient (Wildman–Crippen LogP) is 2.83. The van der Waals surface area contributed by atoms with Crippen LogP contribution in [-0.4, -0.2) is 129 Å². The highest BCUT2D eigenvalue weighted by Crippen LogP contribution is 2.25. The van der Waals surface area contributed by atoms with Gasteiger partial charge in [0.25, 0.3) is 0 Å². The van der Waals surface area contributed by atoms with Crippen molar-refractivity contribution < 1.29 is 9.53 Å². The molecule has 2 saturated heterocycles. The van der Waals surface area contributed by atoms with Crippen LogP contribution in [0.5, 0.6) is 0 Å². The molecule has 4 rings (SSSR count). The lowest BCUT2D eigenvalue weighted by atomic mass is 9.90. The molecule has 2 aliphatic carbocycles. The van der Waals surface area contributed by atoms with E-state index < -0.39 is 5.60 Å². The van der Waals surface area contributed by atoms with Crippen LogP contribution in [0, 0.1) is 0 Å². The second-order valence-corrected chi connectivity index (χ2v) is 12.6. The van der Waals surface area contributed by atoms with E-state index in [0.29, 0.717) is 6.04 Å². The molecule has 8 nitrogen and oxygen atoms in total. The molecule has 2 saturated carbocycles. The zero-order chi connectivity index (χ0) is 26.1. The maximum atomic E-state index is 11.8. The van der Waals surface area contributed by atoms with Gasteiger partial charge in [-0.15, -0.1) is 0 Å². The Balaban J connectivity index is 0.000000212. The molecular formula is C28H56N6O2. The molecule has 4 fully saturated rings. The van der Waals surface area contributed by atoms with Crippen LogP contribution in [0.4, 0.5) is 4.79 Å². The number of alkyl carbamates (subject to hydrolysis) is 1. The van der Waals surface area contributed by atoms with Crippen molar-refractivity contribution in [3.05, 3.63) is 0 Å². The van der Waals surface area contributed by atoms with Gasteiger partial charge in [0.1, 0.15) is 5.60 Å². The minimum atomic E-state index is -0.416. The highest BCUT2D eigenvalue weighted by molar-refractivity contribution is 5.68. The van der Waals surface area contributed by atoms with Crippen molar-refractivity contribution in [1.82, 2.24) is 30.2 Å². The van der Waals surface area contributed by atoms with Crippen LogP contribution >= 0.6 is 0 Å². The summed E-state index contributed by atoms with van der Waals surface area (Å²) in [6.45, 7) is 15.5. The smallest absolute Gasteiger partial charge is 0.407 e. The number of likely N-dealkylation sites (N-methyl/N-ethyl adjacent to an activating group) is 2. The quantitative estimate of drug-likeness (QED) is 0.605. The van der Waals surface area contributed by atoms with Crippen molar-refractivity contribution in [3.63, 3.8) is 0 Å². The van der Waals surface area contributed by atoms with Crippen LogP contribution in [0.3, 0.4) is 0 Å². The Kier molecular flexibility index (Phi) is 11.8. The van der Waals surface area contributed by atoms with Gasteiger partial charge in [0.2, 0.25) is 0 Å². The number of amides is 1. The van der Waals surface area contributed by atoms with Crippen molar-refractivity contribution in [1.29, 1.82) is 0 Å². The van der Waals surface area contributed by atoms with Gasteiger partial charge >= 0.3 is 6.09 Å². The average molecular weight is 509 g/mol. The topological polar surface area (TPSA) is 63.3 Å². The molecule has 8 heteroatoms. The van der Waals surface area contributed by atoms with E-state index in [1.54, 1.807) is 0 Å². The van der Waals surface area contributed by atoms with E-state index in [1.165, 1.54) is 90.9 Å². The third kappa shape index (κ3) is 10.1. The van der Waals surface area contributed by atoms with Crippen molar-refractivity contribution in [2.24, 2.45) is 0 Å². The SMILES string of the molecule is CN1CCN(C2CCC(NC(=O)OC(C)(C)C)CC2)CC1.CNC1CCC(N2CCN(C)CC2)CC1. The zero-order valence-electron chi connectivity index (χ0n) is 24.2. The standard InChI is InChI=1S/C16H31N3O2.C12H25N3/c1-16(2,3)21-15(20)17-13-5-7-14(8-6-13)19-11-9-18(4)10-12-19;1-13-11-3-5-12(6-4-11)15-9-7-14(2)8-10-15/h13-14H,5-12H2,1-4H3,(H,17,20);11-13H,3-10H2,1-2H3. The Morgan fingerprint density at radius 1 is 0.667 bits per heavy atom. The number of carbonyl (C=O) groups is 1. The Bertz CT molecular complexity index is 624. The number of ether oxygens (including phenoxy) is 1. The number of piperazine rings is 2. The lowest BCUT2D eigenvalue weighted by Gasteiger charge is -2.41. The van der Waals surface area contributed by atoms with Gasteiger partial charge in [-0.05, 0) is 93.3 Å².